The number of nitro benzene ring substituents is 1. The monoisotopic (exact) mass is 322 g/mol. The molecule has 9 heteroatoms. The van der Waals surface area contributed by atoms with Crippen molar-refractivity contribution in [2.24, 2.45) is 0 Å². The minimum Gasteiger partial charge on any atom is -0.394 e. The number of hydrogen-bond acceptors (Lipinski definition) is 5. The molecule has 7 nitrogen and oxygen atoms in total. The van der Waals surface area contributed by atoms with E-state index < -0.39 is 10.8 Å². The molecule has 0 saturated heterocycles. The van der Waals surface area contributed by atoms with Crippen LogP contribution in [-0.4, -0.2) is 42.3 Å². The lowest BCUT2D eigenvalue weighted by Gasteiger charge is -2.08. The number of aliphatic hydroxyl groups excluding tert-OH is 1. The summed E-state index contributed by atoms with van der Waals surface area (Å²) in [6.07, 6.45) is 0. The highest BCUT2D eigenvalue weighted by atomic mass is 35.5. The number of amides is 1. The van der Waals surface area contributed by atoms with E-state index in [2.05, 4.69) is 5.32 Å². The SMILES string of the molecule is O=C(NCCOCCO)c1cc([N+](=O)[O-])cc(Cl)c1Cl. The van der Waals surface area contributed by atoms with E-state index >= 15 is 0 Å². The van der Waals surface area contributed by atoms with Gasteiger partial charge in [0.2, 0.25) is 0 Å². The van der Waals surface area contributed by atoms with E-state index in [0.29, 0.717) is 0 Å². The van der Waals surface area contributed by atoms with Crippen LogP contribution in [-0.2, 0) is 4.74 Å². The number of ether oxygens (including phenoxy) is 1. The Balaban J connectivity index is 2.74. The van der Waals surface area contributed by atoms with Gasteiger partial charge in [0.05, 0.1) is 40.4 Å². The lowest BCUT2D eigenvalue weighted by atomic mass is 10.2. The number of benzene rings is 1. The minimum atomic E-state index is -0.663. The molecule has 0 saturated carbocycles. The molecule has 0 bridgehead atoms. The van der Waals surface area contributed by atoms with E-state index in [1.807, 2.05) is 0 Å². The highest BCUT2D eigenvalue weighted by Crippen LogP contribution is 2.30. The first-order valence-electron chi connectivity index (χ1n) is 5.57. The van der Waals surface area contributed by atoms with Crippen LogP contribution in [0.5, 0.6) is 0 Å². The summed E-state index contributed by atoms with van der Waals surface area (Å²) in [5.41, 5.74) is -0.394. The molecule has 0 spiro atoms. The van der Waals surface area contributed by atoms with Crippen molar-refractivity contribution >= 4 is 34.8 Å². The number of nitro groups is 1. The predicted molar refractivity (Wildman–Crippen MR) is 73.4 cm³/mol. The van der Waals surface area contributed by atoms with Crippen molar-refractivity contribution in [2.75, 3.05) is 26.4 Å². The van der Waals surface area contributed by atoms with Crippen molar-refractivity contribution in [3.05, 3.63) is 37.9 Å². The zero-order valence-corrected chi connectivity index (χ0v) is 11.8. The molecule has 0 aliphatic rings. The van der Waals surface area contributed by atoms with E-state index in [-0.39, 0.29) is 47.7 Å². The number of rotatable bonds is 7. The number of hydrogen-bond donors (Lipinski definition) is 2. The number of nitrogens with one attached hydrogen (secondary N) is 1. The Morgan fingerprint density at radius 3 is 2.70 bits per heavy atom. The second-order valence-corrected chi connectivity index (χ2v) is 4.42. The van der Waals surface area contributed by atoms with Gasteiger partial charge < -0.3 is 15.2 Å². The molecule has 0 aliphatic carbocycles. The quantitative estimate of drug-likeness (QED) is 0.451. The predicted octanol–water partition coefficient (Wildman–Crippen LogP) is 1.64. The fourth-order valence-corrected chi connectivity index (χ4v) is 1.75. The van der Waals surface area contributed by atoms with E-state index in [0.717, 1.165) is 12.1 Å². The Morgan fingerprint density at radius 2 is 2.10 bits per heavy atom. The Bertz CT molecular complexity index is 510. The summed E-state index contributed by atoms with van der Waals surface area (Å²) in [5, 5.41) is 21.6. The average molecular weight is 323 g/mol. The minimum absolute atomic E-state index is 0.0500. The van der Waals surface area contributed by atoms with Crippen LogP contribution >= 0.6 is 23.2 Å². The molecule has 0 aliphatic heterocycles. The van der Waals surface area contributed by atoms with Gasteiger partial charge in [-0.05, 0) is 0 Å². The Hall–Kier alpha value is -1.41. The van der Waals surface area contributed by atoms with Crippen LogP contribution in [0.3, 0.4) is 0 Å². The standard InChI is InChI=1S/C11H12Cl2N2O5/c12-9-6-7(15(18)19)5-8(10(9)13)11(17)14-1-3-20-4-2-16/h5-6,16H,1-4H2,(H,14,17). The van der Waals surface area contributed by atoms with Crippen molar-refractivity contribution in [3.8, 4) is 0 Å². The fraction of sp³-hybridized carbons (Fsp3) is 0.364. The van der Waals surface area contributed by atoms with E-state index in [1.165, 1.54) is 0 Å². The van der Waals surface area contributed by atoms with Gasteiger partial charge in [-0.1, -0.05) is 23.2 Å². The topological polar surface area (TPSA) is 102 Å². The number of halogens is 2. The maximum Gasteiger partial charge on any atom is 0.271 e. The summed E-state index contributed by atoms with van der Waals surface area (Å²) in [7, 11) is 0. The number of non-ortho nitro benzene ring substituents is 1. The van der Waals surface area contributed by atoms with Gasteiger partial charge in [-0.15, -0.1) is 0 Å². The maximum absolute atomic E-state index is 11.8. The summed E-state index contributed by atoms with van der Waals surface area (Å²) in [5.74, 6) is -0.590. The Kier molecular flexibility index (Phi) is 6.66. The van der Waals surface area contributed by atoms with Crippen LogP contribution in [0.15, 0.2) is 12.1 Å². The summed E-state index contributed by atoms with van der Waals surface area (Å²) < 4.78 is 4.95. The number of carbonyl (C=O) groups is 1. The van der Waals surface area contributed by atoms with Crippen molar-refractivity contribution in [3.63, 3.8) is 0 Å². The molecule has 110 valence electrons. The molecule has 1 amide bonds. The summed E-state index contributed by atoms with van der Waals surface area (Å²) in [6, 6.07) is 2.13. The molecule has 1 rings (SSSR count). The second kappa shape index (κ2) is 8.01. The molecule has 2 N–H and O–H groups in total. The zero-order chi connectivity index (χ0) is 15.1. The zero-order valence-electron chi connectivity index (χ0n) is 10.3. The molecule has 20 heavy (non-hydrogen) atoms. The number of carbonyl (C=O) groups excluding carboxylic acids is 1. The molecular formula is C11H12Cl2N2O5. The lowest BCUT2D eigenvalue weighted by molar-refractivity contribution is -0.384. The van der Waals surface area contributed by atoms with E-state index in [1.54, 1.807) is 0 Å². The molecule has 0 fully saturated rings. The van der Waals surface area contributed by atoms with E-state index in [9.17, 15) is 14.9 Å². The summed E-state index contributed by atoms with van der Waals surface area (Å²) in [4.78, 5) is 21.9. The molecule has 1 aromatic carbocycles. The average Bonchev–Trinajstić information content (AvgIpc) is 2.41. The first-order chi connectivity index (χ1) is 9.47. The lowest BCUT2D eigenvalue weighted by Crippen LogP contribution is -2.28. The smallest absolute Gasteiger partial charge is 0.271 e. The van der Waals surface area contributed by atoms with Gasteiger partial charge in [-0.2, -0.15) is 0 Å². The van der Waals surface area contributed by atoms with Crippen LogP contribution in [0.2, 0.25) is 10.0 Å². The van der Waals surface area contributed by atoms with Crippen molar-refractivity contribution < 1.29 is 19.6 Å². The highest BCUT2D eigenvalue weighted by molar-refractivity contribution is 6.44. The second-order valence-electron chi connectivity index (χ2n) is 3.64. The normalized spacial score (nSPS) is 10.3. The van der Waals surface area contributed by atoms with Crippen LogP contribution in [0.4, 0.5) is 5.69 Å². The highest BCUT2D eigenvalue weighted by Gasteiger charge is 2.19. The van der Waals surface area contributed by atoms with Gasteiger partial charge >= 0.3 is 0 Å². The third-order valence-corrected chi connectivity index (χ3v) is 3.04. The van der Waals surface area contributed by atoms with Crippen LogP contribution < -0.4 is 5.32 Å². The Morgan fingerprint density at radius 1 is 1.40 bits per heavy atom. The van der Waals surface area contributed by atoms with Gasteiger partial charge in [0, 0.05) is 18.7 Å². The molecule has 0 radical (unpaired) electrons. The molecule has 0 heterocycles. The van der Waals surface area contributed by atoms with Gasteiger partial charge in [-0.25, -0.2) is 0 Å². The van der Waals surface area contributed by atoms with Gasteiger partial charge in [0.25, 0.3) is 11.6 Å². The third-order valence-electron chi connectivity index (χ3n) is 2.24. The number of nitrogens with zero attached hydrogens (tertiary/aromatic N) is 1. The number of aliphatic hydroxyl groups is 1. The van der Waals surface area contributed by atoms with Crippen molar-refractivity contribution in [1.82, 2.24) is 5.32 Å². The van der Waals surface area contributed by atoms with Crippen LogP contribution in [0, 0.1) is 10.1 Å². The molecule has 0 atom stereocenters. The van der Waals surface area contributed by atoms with Crippen LogP contribution in [0.1, 0.15) is 10.4 Å². The van der Waals surface area contributed by atoms with Gasteiger partial charge in [-0.3, -0.25) is 14.9 Å². The van der Waals surface area contributed by atoms with Gasteiger partial charge in [0.15, 0.2) is 0 Å². The van der Waals surface area contributed by atoms with Gasteiger partial charge in [0.1, 0.15) is 0 Å². The van der Waals surface area contributed by atoms with Crippen molar-refractivity contribution in [2.45, 2.75) is 0 Å². The van der Waals surface area contributed by atoms with Crippen LogP contribution in [0.25, 0.3) is 0 Å². The molecular weight excluding hydrogens is 311 g/mol. The largest absolute Gasteiger partial charge is 0.394 e. The molecule has 1 aromatic rings. The Labute approximate surface area is 124 Å². The molecule has 0 unspecified atom stereocenters. The summed E-state index contributed by atoms with van der Waals surface area (Å²) in [6.45, 7) is 0.432. The third kappa shape index (κ3) is 4.61. The first-order valence-corrected chi connectivity index (χ1v) is 6.33. The summed E-state index contributed by atoms with van der Waals surface area (Å²) >= 11 is 11.6. The first kappa shape index (κ1) is 16.6. The van der Waals surface area contributed by atoms with Crippen molar-refractivity contribution in [1.29, 1.82) is 0 Å². The molecule has 0 aromatic heterocycles. The van der Waals surface area contributed by atoms with E-state index in [4.69, 9.17) is 33.0 Å². The fourth-order valence-electron chi connectivity index (χ4n) is 1.34. The maximum atomic E-state index is 11.8.